The highest BCUT2D eigenvalue weighted by atomic mass is 35.5. The average molecular weight is 264 g/mol. The molecule has 1 heterocycles. The van der Waals surface area contributed by atoms with E-state index >= 15 is 0 Å². The van der Waals surface area contributed by atoms with E-state index in [0.717, 1.165) is 26.7 Å². The summed E-state index contributed by atoms with van der Waals surface area (Å²) in [7, 11) is 0. The zero-order chi connectivity index (χ0) is 12.8. The van der Waals surface area contributed by atoms with Gasteiger partial charge in [-0.05, 0) is 11.5 Å². The number of fused-ring (bicyclic) bond motifs is 5. The zero-order valence-corrected chi connectivity index (χ0v) is 10.9. The molecule has 19 heavy (non-hydrogen) atoms. The predicted molar refractivity (Wildman–Crippen MR) is 81.8 cm³/mol. The van der Waals surface area contributed by atoms with Crippen LogP contribution >= 0.6 is 11.6 Å². The van der Waals surface area contributed by atoms with E-state index in [1.165, 1.54) is 10.8 Å². The van der Waals surface area contributed by atoms with E-state index in [1.54, 1.807) is 0 Å². The fraction of sp³-hybridized carbons (Fsp3) is 0. The monoisotopic (exact) mass is 263 g/mol. The Hall–Kier alpha value is -2.12. The molecule has 0 amide bonds. The van der Waals surface area contributed by atoms with E-state index in [0.29, 0.717) is 0 Å². The molecule has 4 aromatic rings. The fourth-order valence-electron chi connectivity index (χ4n) is 2.65. The summed E-state index contributed by atoms with van der Waals surface area (Å²) in [6.45, 7) is 0. The minimum atomic E-state index is 0.773. The Labute approximate surface area is 115 Å². The van der Waals surface area contributed by atoms with Crippen molar-refractivity contribution in [1.29, 1.82) is 0 Å². The largest absolute Gasteiger partial charge is 0.255 e. The summed E-state index contributed by atoms with van der Waals surface area (Å²) in [6, 6.07) is 18.5. The van der Waals surface area contributed by atoms with E-state index in [1.807, 2.05) is 24.4 Å². The van der Waals surface area contributed by atoms with Gasteiger partial charge in [-0.1, -0.05) is 60.1 Å². The maximum absolute atomic E-state index is 6.25. The van der Waals surface area contributed by atoms with Gasteiger partial charge in [0.2, 0.25) is 0 Å². The molecule has 1 aromatic heterocycles. The summed E-state index contributed by atoms with van der Waals surface area (Å²) in [6.07, 6.45) is 1.93. The van der Waals surface area contributed by atoms with Gasteiger partial charge in [0.1, 0.15) is 0 Å². The van der Waals surface area contributed by atoms with Crippen molar-refractivity contribution in [1.82, 2.24) is 4.98 Å². The Morgan fingerprint density at radius 3 is 2.37 bits per heavy atom. The van der Waals surface area contributed by atoms with Crippen molar-refractivity contribution in [2.75, 3.05) is 0 Å². The molecule has 3 aromatic carbocycles. The highest BCUT2D eigenvalue weighted by Gasteiger charge is 2.06. The van der Waals surface area contributed by atoms with Crippen LogP contribution in [0.4, 0.5) is 0 Å². The number of halogens is 1. The Bertz CT molecular complexity index is 928. The van der Waals surface area contributed by atoms with Gasteiger partial charge in [0.05, 0.1) is 5.52 Å². The number of hydrogen-bond donors (Lipinski definition) is 0. The number of hydrogen-bond acceptors (Lipinski definition) is 1. The quantitative estimate of drug-likeness (QED) is 0.398. The number of benzene rings is 3. The van der Waals surface area contributed by atoms with E-state index in [9.17, 15) is 0 Å². The van der Waals surface area contributed by atoms with Gasteiger partial charge in [-0.2, -0.15) is 0 Å². The molecule has 4 rings (SSSR count). The van der Waals surface area contributed by atoms with E-state index in [-0.39, 0.29) is 0 Å². The maximum atomic E-state index is 6.25. The van der Waals surface area contributed by atoms with Crippen molar-refractivity contribution in [3.05, 3.63) is 65.8 Å². The first-order valence-electron chi connectivity index (χ1n) is 6.19. The molecule has 1 nitrogen and oxygen atoms in total. The van der Waals surface area contributed by atoms with Crippen molar-refractivity contribution in [3.8, 4) is 0 Å². The van der Waals surface area contributed by atoms with Gasteiger partial charge in [0, 0.05) is 32.8 Å². The predicted octanol–water partition coefficient (Wildman–Crippen LogP) is 5.19. The van der Waals surface area contributed by atoms with Gasteiger partial charge in [0.15, 0.2) is 0 Å². The normalized spacial score (nSPS) is 11.4. The molecule has 2 heteroatoms. The van der Waals surface area contributed by atoms with Crippen LogP contribution in [0.3, 0.4) is 0 Å². The number of rotatable bonds is 0. The lowest BCUT2D eigenvalue weighted by Crippen LogP contribution is -1.84. The summed E-state index contributed by atoms with van der Waals surface area (Å²) in [4.78, 5) is 4.62. The first-order chi connectivity index (χ1) is 9.34. The molecule has 0 saturated heterocycles. The summed E-state index contributed by atoms with van der Waals surface area (Å²) in [5, 5.41) is 6.50. The van der Waals surface area contributed by atoms with Crippen molar-refractivity contribution in [3.63, 3.8) is 0 Å². The number of aromatic nitrogens is 1. The Balaban J connectivity index is 2.29. The molecular formula is C17H10ClN. The Morgan fingerprint density at radius 2 is 1.42 bits per heavy atom. The third-order valence-corrected chi connectivity index (χ3v) is 3.89. The third kappa shape index (κ3) is 1.52. The van der Waals surface area contributed by atoms with Gasteiger partial charge in [-0.3, -0.25) is 4.98 Å². The molecule has 0 aliphatic carbocycles. The van der Waals surface area contributed by atoms with Crippen LogP contribution in [0.5, 0.6) is 0 Å². The van der Waals surface area contributed by atoms with Gasteiger partial charge in [0.25, 0.3) is 0 Å². The van der Waals surface area contributed by atoms with E-state index < -0.39 is 0 Å². The summed E-state index contributed by atoms with van der Waals surface area (Å²) in [5.74, 6) is 0. The highest BCUT2D eigenvalue weighted by molar-refractivity contribution is 6.36. The SMILES string of the molecule is Clc1cccc2c1ccc1c3ccccc3cnc21. The fourth-order valence-corrected chi connectivity index (χ4v) is 2.89. The molecule has 0 spiro atoms. The molecule has 0 bridgehead atoms. The second-order valence-corrected chi connectivity index (χ2v) is 5.05. The molecule has 0 unspecified atom stereocenters. The standard InChI is InChI=1S/C17H10ClN/c18-16-7-3-6-14-13(16)8-9-15-12-5-2-1-4-11(12)10-19-17(14)15/h1-10H. The zero-order valence-electron chi connectivity index (χ0n) is 10.1. The molecule has 0 saturated carbocycles. The lowest BCUT2D eigenvalue weighted by molar-refractivity contribution is 1.46. The smallest absolute Gasteiger partial charge is 0.0787 e. The summed E-state index contributed by atoms with van der Waals surface area (Å²) < 4.78 is 0. The first-order valence-corrected chi connectivity index (χ1v) is 6.57. The summed E-state index contributed by atoms with van der Waals surface area (Å²) >= 11 is 6.25. The lowest BCUT2D eigenvalue weighted by Gasteiger charge is -2.07. The van der Waals surface area contributed by atoms with E-state index in [4.69, 9.17) is 11.6 Å². The number of pyridine rings is 1. The van der Waals surface area contributed by atoms with Crippen LogP contribution < -0.4 is 0 Å². The molecule has 0 fully saturated rings. The molecule has 0 aliphatic heterocycles. The average Bonchev–Trinajstić information content (AvgIpc) is 2.47. The lowest BCUT2D eigenvalue weighted by atomic mass is 10.0. The first kappa shape index (κ1) is 10.8. The van der Waals surface area contributed by atoms with Crippen molar-refractivity contribution < 1.29 is 0 Å². The molecule has 0 N–H and O–H groups in total. The van der Waals surface area contributed by atoms with Crippen molar-refractivity contribution >= 4 is 44.0 Å². The molecule has 90 valence electrons. The van der Waals surface area contributed by atoms with Gasteiger partial charge in [-0.25, -0.2) is 0 Å². The van der Waals surface area contributed by atoms with Crippen molar-refractivity contribution in [2.24, 2.45) is 0 Å². The van der Waals surface area contributed by atoms with Gasteiger partial charge >= 0.3 is 0 Å². The second kappa shape index (κ2) is 3.94. The molecule has 0 radical (unpaired) electrons. The van der Waals surface area contributed by atoms with Crippen LogP contribution in [0, 0.1) is 0 Å². The molecular weight excluding hydrogens is 254 g/mol. The van der Waals surface area contributed by atoms with Crippen LogP contribution in [0.15, 0.2) is 60.8 Å². The molecule has 0 aliphatic rings. The van der Waals surface area contributed by atoms with Crippen LogP contribution in [0.25, 0.3) is 32.4 Å². The van der Waals surface area contributed by atoms with Crippen LogP contribution in [-0.4, -0.2) is 4.98 Å². The van der Waals surface area contributed by atoms with E-state index in [2.05, 4.69) is 41.4 Å². The number of nitrogens with zero attached hydrogens (tertiary/aromatic N) is 1. The van der Waals surface area contributed by atoms with Crippen LogP contribution in [0.2, 0.25) is 5.02 Å². The van der Waals surface area contributed by atoms with Crippen LogP contribution in [-0.2, 0) is 0 Å². The second-order valence-electron chi connectivity index (χ2n) is 4.64. The Morgan fingerprint density at radius 1 is 0.684 bits per heavy atom. The minimum absolute atomic E-state index is 0.773. The van der Waals surface area contributed by atoms with Gasteiger partial charge in [-0.15, -0.1) is 0 Å². The summed E-state index contributed by atoms with van der Waals surface area (Å²) in [5.41, 5.74) is 1.01. The van der Waals surface area contributed by atoms with Crippen LogP contribution in [0.1, 0.15) is 0 Å². The third-order valence-electron chi connectivity index (χ3n) is 3.56. The highest BCUT2D eigenvalue weighted by Crippen LogP contribution is 2.32. The van der Waals surface area contributed by atoms with Crippen molar-refractivity contribution in [2.45, 2.75) is 0 Å². The van der Waals surface area contributed by atoms with Gasteiger partial charge < -0.3 is 0 Å². The maximum Gasteiger partial charge on any atom is 0.0787 e. The minimum Gasteiger partial charge on any atom is -0.255 e. The Kier molecular flexibility index (Phi) is 2.23. The molecule has 0 atom stereocenters. The topological polar surface area (TPSA) is 12.9 Å².